The largest absolute Gasteiger partial charge is 0.418 e. The molecule has 3 N–H and O–H groups in total. The average Bonchev–Trinajstić information content (AvgIpc) is 3.24. The summed E-state index contributed by atoms with van der Waals surface area (Å²) in [4.78, 5) is 31.0. The summed E-state index contributed by atoms with van der Waals surface area (Å²) >= 11 is 0. The molecular weight excluding hydrogens is 344 g/mol. The van der Waals surface area contributed by atoms with Gasteiger partial charge in [-0.3, -0.25) is 14.2 Å². The van der Waals surface area contributed by atoms with E-state index in [0.717, 1.165) is 6.54 Å². The molecular formula is C12H20N4O7S. The van der Waals surface area contributed by atoms with E-state index in [4.69, 9.17) is 9.39 Å². The Morgan fingerprint density at radius 3 is 2.83 bits per heavy atom. The number of hydrogen-bond acceptors (Lipinski definition) is 7. The summed E-state index contributed by atoms with van der Waals surface area (Å²) in [5.41, 5.74) is 2.35. The Labute approximate surface area is 139 Å². The number of nitrogens with zero attached hydrogens (tertiary/aromatic N) is 2. The minimum Gasteiger partial charge on any atom is -0.320 e. The zero-order valence-electron chi connectivity index (χ0n) is 13.0. The molecule has 2 aliphatic heterocycles. The van der Waals surface area contributed by atoms with Crippen molar-refractivity contribution in [1.29, 1.82) is 0 Å². The summed E-state index contributed by atoms with van der Waals surface area (Å²) in [6, 6.07) is -1.96. The highest BCUT2D eigenvalue weighted by Gasteiger charge is 2.65. The van der Waals surface area contributed by atoms with Crippen LogP contribution in [0.25, 0.3) is 0 Å². The van der Waals surface area contributed by atoms with Gasteiger partial charge in [0.25, 0.3) is 5.91 Å². The number of piperidine rings is 1. The number of carbonyl (C=O) groups is 2. The molecule has 136 valence electrons. The maximum absolute atomic E-state index is 12.3. The maximum atomic E-state index is 12.3. The van der Waals surface area contributed by atoms with Crippen LogP contribution in [0.5, 0.6) is 0 Å². The lowest BCUT2D eigenvalue weighted by Gasteiger charge is -2.28. The van der Waals surface area contributed by atoms with Gasteiger partial charge in [0.15, 0.2) is 0 Å². The Morgan fingerprint density at radius 2 is 2.17 bits per heavy atom. The van der Waals surface area contributed by atoms with E-state index in [1.807, 2.05) is 7.05 Å². The number of hydrogen-bond donors (Lipinski definition) is 3. The third-order valence-electron chi connectivity index (χ3n) is 4.53. The molecule has 0 radical (unpaired) electrons. The van der Waals surface area contributed by atoms with Crippen molar-refractivity contribution in [2.24, 2.45) is 11.8 Å². The highest BCUT2D eigenvalue weighted by molar-refractivity contribution is 7.80. The lowest BCUT2D eigenvalue weighted by atomic mass is 10.0. The Hall–Kier alpha value is -1.47. The van der Waals surface area contributed by atoms with Crippen LogP contribution in [0.4, 0.5) is 4.79 Å². The number of nitrogens with one attached hydrogen (secondary N) is 2. The quantitative estimate of drug-likeness (QED) is 0.269. The number of carbonyl (C=O) groups excluding carboxylic acids is 2. The van der Waals surface area contributed by atoms with Crippen LogP contribution in [0.2, 0.25) is 0 Å². The Morgan fingerprint density at radius 1 is 1.42 bits per heavy atom. The average molecular weight is 364 g/mol. The molecule has 2 saturated heterocycles. The molecule has 0 spiro atoms. The summed E-state index contributed by atoms with van der Waals surface area (Å²) in [6.07, 6.45) is 1.39. The summed E-state index contributed by atoms with van der Waals surface area (Å²) in [5.74, 6) is -0.537. The van der Waals surface area contributed by atoms with E-state index < -0.39 is 34.4 Å². The molecule has 3 amide bonds. The first kappa shape index (κ1) is 17.4. The van der Waals surface area contributed by atoms with Gasteiger partial charge in [-0.1, -0.05) is 0 Å². The van der Waals surface area contributed by atoms with Gasteiger partial charge in [0, 0.05) is 6.54 Å². The molecule has 11 nitrogen and oxygen atoms in total. The summed E-state index contributed by atoms with van der Waals surface area (Å²) < 4.78 is 35.0. The predicted octanol–water partition coefficient (Wildman–Crippen LogP) is -1.50. The Kier molecular flexibility index (Phi) is 4.66. The second kappa shape index (κ2) is 6.44. The lowest BCUT2D eigenvalue weighted by molar-refractivity contribution is -0.139. The van der Waals surface area contributed by atoms with Crippen LogP contribution in [0.15, 0.2) is 0 Å². The molecule has 0 aromatic heterocycles. The summed E-state index contributed by atoms with van der Waals surface area (Å²) in [7, 11) is -2.99. The molecule has 4 atom stereocenters. The van der Waals surface area contributed by atoms with E-state index in [9.17, 15) is 18.0 Å². The predicted molar refractivity (Wildman–Crippen MR) is 78.4 cm³/mol. The normalized spacial score (nSPS) is 31.2. The fraction of sp³-hybridized carbons (Fsp3) is 0.833. The molecule has 2 bridgehead atoms. The second-order valence-corrected chi connectivity index (χ2v) is 7.12. The van der Waals surface area contributed by atoms with E-state index in [1.54, 1.807) is 0 Å². The third-order valence-corrected chi connectivity index (χ3v) is 4.88. The standard InChI is InChI=1S/C12H20N4O7S/c1-13-3-2-4-22-14-11(17)10-8-5-7(8)9-6-15(10)12(18)16(9)23-24(19,20)21/h7-10,13H,2-6H2,1H3,(H,14,17)(H,19,20,21)/t7?,8?,9-,10-/m0/s1. The molecule has 1 saturated carbocycles. The first-order valence-electron chi connectivity index (χ1n) is 7.66. The fourth-order valence-corrected chi connectivity index (χ4v) is 3.84. The lowest BCUT2D eigenvalue weighted by Crippen LogP contribution is -2.51. The smallest absolute Gasteiger partial charge is 0.320 e. The summed E-state index contributed by atoms with van der Waals surface area (Å²) in [5, 5.41) is 3.60. The molecule has 2 unspecified atom stereocenters. The number of amides is 3. The first-order chi connectivity index (χ1) is 11.3. The molecule has 3 aliphatic rings. The zero-order valence-corrected chi connectivity index (χ0v) is 13.9. The van der Waals surface area contributed by atoms with Crippen molar-refractivity contribution in [3.8, 4) is 0 Å². The van der Waals surface area contributed by atoms with Crippen molar-refractivity contribution in [3.05, 3.63) is 0 Å². The molecule has 1 aliphatic carbocycles. The van der Waals surface area contributed by atoms with Crippen LogP contribution < -0.4 is 10.8 Å². The number of hydroxylamine groups is 3. The van der Waals surface area contributed by atoms with Gasteiger partial charge in [-0.05, 0) is 38.3 Å². The van der Waals surface area contributed by atoms with E-state index in [2.05, 4.69) is 15.1 Å². The van der Waals surface area contributed by atoms with Crippen molar-refractivity contribution in [2.45, 2.75) is 24.9 Å². The van der Waals surface area contributed by atoms with Crippen molar-refractivity contribution in [3.63, 3.8) is 0 Å². The van der Waals surface area contributed by atoms with Crippen molar-refractivity contribution in [2.75, 3.05) is 26.7 Å². The van der Waals surface area contributed by atoms with Crippen molar-refractivity contribution in [1.82, 2.24) is 20.8 Å². The van der Waals surface area contributed by atoms with Crippen LogP contribution in [0.3, 0.4) is 0 Å². The second-order valence-electron chi connectivity index (χ2n) is 6.11. The van der Waals surface area contributed by atoms with Gasteiger partial charge >= 0.3 is 16.4 Å². The minimum atomic E-state index is -4.80. The van der Waals surface area contributed by atoms with Gasteiger partial charge in [0.05, 0.1) is 12.6 Å². The number of urea groups is 1. The van der Waals surface area contributed by atoms with E-state index in [-0.39, 0.29) is 18.4 Å². The number of rotatable bonds is 8. The van der Waals surface area contributed by atoms with Crippen molar-refractivity contribution >= 4 is 22.3 Å². The van der Waals surface area contributed by atoms with Crippen LogP contribution in [0, 0.1) is 11.8 Å². The van der Waals surface area contributed by atoms with E-state index >= 15 is 0 Å². The van der Waals surface area contributed by atoms with Gasteiger partial charge in [-0.25, -0.2) is 10.3 Å². The molecule has 0 aromatic carbocycles. The molecule has 0 aromatic rings. The Balaban J connectivity index is 1.61. The van der Waals surface area contributed by atoms with Gasteiger partial charge in [-0.2, -0.15) is 13.5 Å². The zero-order chi connectivity index (χ0) is 17.5. The van der Waals surface area contributed by atoms with E-state index in [0.29, 0.717) is 24.5 Å². The molecule has 24 heavy (non-hydrogen) atoms. The highest BCUT2D eigenvalue weighted by atomic mass is 32.3. The summed E-state index contributed by atoms with van der Waals surface area (Å²) in [6.45, 7) is 1.26. The minimum absolute atomic E-state index is 0.0329. The highest BCUT2D eigenvalue weighted by Crippen LogP contribution is 2.53. The van der Waals surface area contributed by atoms with Gasteiger partial charge < -0.3 is 10.2 Å². The SMILES string of the molecule is CNCCCONC(=O)[C@@H]1C2CC2[C@@H]2CN1C(=O)N2OS(=O)(=O)O. The molecule has 12 heteroatoms. The molecule has 3 rings (SSSR count). The third kappa shape index (κ3) is 3.32. The van der Waals surface area contributed by atoms with Gasteiger partial charge in [-0.15, -0.1) is 4.28 Å². The number of fused-ring (bicyclic) bond motifs is 4. The van der Waals surface area contributed by atoms with Crippen molar-refractivity contribution < 1.29 is 31.7 Å². The topological polar surface area (TPSA) is 138 Å². The maximum Gasteiger partial charge on any atom is 0.418 e. The Bertz CT molecular complexity index is 627. The van der Waals surface area contributed by atoms with Crippen LogP contribution in [-0.4, -0.2) is 73.7 Å². The molecule has 3 fully saturated rings. The van der Waals surface area contributed by atoms with Crippen LogP contribution in [-0.2, 0) is 24.3 Å². The van der Waals surface area contributed by atoms with Crippen LogP contribution in [0.1, 0.15) is 12.8 Å². The van der Waals surface area contributed by atoms with Gasteiger partial charge in [0.1, 0.15) is 6.04 Å². The monoisotopic (exact) mass is 364 g/mol. The first-order valence-corrected chi connectivity index (χ1v) is 9.03. The van der Waals surface area contributed by atoms with Gasteiger partial charge in [0.2, 0.25) is 0 Å². The fourth-order valence-electron chi connectivity index (χ4n) is 3.46. The van der Waals surface area contributed by atoms with E-state index in [1.165, 1.54) is 4.90 Å². The van der Waals surface area contributed by atoms with Crippen LogP contribution >= 0.6 is 0 Å². The molecule has 2 heterocycles.